The molecule has 1 aromatic carbocycles. The summed E-state index contributed by atoms with van der Waals surface area (Å²) in [5, 5.41) is -0.0607. The summed E-state index contributed by atoms with van der Waals surface area (Å²) in [4.78, 5) is 13.0. The third-order valence-electron chi connectivity index (χ3n) is 4.13. The molecule has 1 aliphatic heterocycles. The van der Waals surface area contributed by atoms with Crippen LogP contribution in [0, 0.1) is 5.92 Å². The van der Waals surface area contributed by atoms with Crippen molar-refractivity contribution in [1.29, 1.82) is 0 Å². The van der Waals surface area contributed by atoms with Crippen molar-refractivity contribution in [3.63, 3.8) is 0 Å². The maximum atomic E-state index is 12.3. The monoisotopic (exact) mass is 248 g/mol. The first-order chi connectivity index (χ1) is 8.09. The van der Waals surface area contributed by atoms with E-state index in [1.165, 1.54) is 11.1 Å². The van der Waals surface area contributed by atoms with Gasteiger partial charge in [-0.1, -0.05) is 6.92 Å². The Bertz CT molecular complexity index is 486. The third kappa shape index (κ3) is 1.52. The number of Topliss-reactive ketones (excluding diaryl/α,β-unsaturated/α-hetero) is 1. The summed E-state index contributed by atoms with van der Waals surface area (Å²) in [6.45, 7) is 3.80. The molecule has 2 nitrogen and oxygen atoms in total. The summed E-state index contributed by atoms with van der Waals surface area (Å²) in [5.41, 5.74) is 3.30. The van der Waals surface area contributed by atoms with E-state index in [4.69, 9.17) is 0 Å². The second-order valence-corrected chi connectivity index (χ2v) is 6.90. The normalized spacial score (nSPS) is 31.2. The average Bonchev–Trinajstić information content (AvgIpc) is 2.79. The maximum absolute atomic E-state index is 12.3. The summed E-state index contributed by atoms with van der Waals surface area (Å²) in [7, 11) is -1.02. The van der Waals surface area contributed by atoms with Crippen molar-refractivity contribution >= 4 is 16.6 Å². The second-order valence-electron chi connectivity index (χ2n) is 5.13. The highest BCUT2D eigenvalue weighted by Crippen LogP contribution is 2.34. The van der Waals surface area contributed by atoms with E-state index in [2.05, 4.69) is 0 Å². The molecule has 1 aromatic rings. The van der Waals surface area contributed by atoms with Gasteiger partial charge >= 0.3 is 0 Å². The molecule has 90 valence electrons. The van der Waals surface area contributed by atoms with Gasteiger partial charge in [0, 0.05) is 16.7 Å². The lowest BCUT2D eigenvalue weighted by molar-refractivity contribution is 0.0922. The molecule has 0 radical (unpaired) electrons. The van der Waals surface area contributed by atoms with Gasteiger partial charge in [0.1, 0.15) is 0 Å². The van der Waals surface area contributed by atoms with Crippen molar-refractivity contribution in [3.8, 4) is 0 Å². The van der Waals surface area contributed by atoms with Crippen molar-refractivity contribution in [2.75, 3.05) is 0 Å². The number of carbonyl (C=O) groups excluding carboxylic acids is 1. The molecular weight excluding hydrogens is 232 g/mol. The zero-order chi connectivity index (χ0) is 12.2. The van der Waals surface area contributed by atoms with Gasteiger partial charge in [-0.15, -0.1) is 0 Å². The molecule has 1 heterocycles. The molecule has 3 atom stereocenters. The van der Waals surface area contributed by atoms with Crippen molar-refractivity contribution < 1.29 is 9.00 Å². The van der Waals surface area contributed by atoms with Crippen LogP contribution in [0.2, 0.25) is 0 Å². The number of aryl methyl sites for hydroxylation is 2. The van der Waals surface area contributed by atoms with Gasteiger partial charge in [-0.25, -0.2) is 0 Å². The van der Waals surface area contributed by atoms with Crippen LogP contribution in [0.25, 0.3) is 0 Å². The van der Waals surface area contributed by atoms with E-state index in [-0.39, 0.29) is 17.0 Å². The molecule has 0 saturated carbocycles. The van der Waals surface area contributed by atoms with E-state index in [1.807, 2.05) is 26.0 Å². The average molecular weight is 248 g/mol. The quantitative estimate of drug-likeness (QED) is 0.707. The Morgan fingerprint density at radius 3 is 2.53 bits per heavy atom. The predicted molar refractivity (Wildman–Crippen MR) is 67.8 cm³/mol. The number of ketones is 1. The molecule has 0 amide bonds. The molecule has 17 heavy (non-hydrogen) atoms. The van der Waals surface area contributed by atoms with Gasteiger partial charge in [0.05, 0.1) is 15.7 Å². The van der Waals surface area contributed by atoms with Crippen LogP contribution in [-0.4, -0.2) is 15.2 Å². The lowest BCUT2D eigenvalue weighted by Gasteiger charge is -2.26. The largest absolute Gasteiger partial charge is 0.294 e. The Morgan fingerprint density at radius 2 is 1.82 bits per heavy atom. The number of hydrogen-bond acceptors (Lipinski definition) is 2. The number of fused-ring (bicyclic) bond motifs is 2. The van der Waals surface area contributed by atoms with Crippen molar-refractivity contribution in [2.24, 2.45) is 5.92 Å². The van der Waals surface area contributed by atoms with Gasteiger partial charge in [0.15, 0.2) is 5.78 Å². The van der Waals surface area contributed by atoms with Crippen molar-refractivity contribution in [1.82, 2.24) is 0 Å². The van der Waals surface area contributed by atoms with Crippen molar-refractivity contribution in [2.45, 2.75) is 43.3 Å². The summed E-state index contributed by atoms with van der Waals surface area (Å²) in [6, 6.07) is 4.02. The highest BCUT2D eigenvalue weighted by Gasteiger charge is 2.36. The van der Waals surface area contributed by atoms with E-state index in [9.17, 15) is 9.00 Å². The zero-order valence-electron chi connectivity index (χ0n) is 10.2. The van der Waals surface area contributed by atoms with Crippen LogP contribution in [0.15, 0.2) is 17.0 Å². The van der Waals surface area contributed by atoms with Crippen LogP contribution in [0.4, 0.5) is 0 Å². The molecule has 2 aliphatic rings. The van der Waals surface area contributed by atoms with Gasteiger partial charge in [0.25, 0.3) is 0 Å². The minimum atomic E-state index is -1.02. The van der Waals surface area contributed by atoms with Crippen LogP contribution in [-0.2, 0) is 23.6 Å². The van der Waals surface area contributed by atoms with Crippen LogP contribution in [0.3, 0.4) is 0 Å². The number of carbonyl (C=O) groups is 1. The fourth-order valence-electron chi connectivity index (χ4n) is 2.80. The van der Waals surface area contributed by atoms with Gasteiger partial charge < -0.3 is 0 Å². The molecule has 0 spiro atoms. The minimum absolute atomic E-state index is 0.0607. The third-order valence-corrected chi connectivity index (χ3v) is 5.99. The van der Waals surface area contributed by atoms with E-state index in [1.54, 1.807) is 0 Å². The van der Waals surface area contributed by atoms with Crippen LogP contribution in [0.1, 0.15) is 41.8 Å². The Labute approximate surface area is 104 Å². The summed E-state index contributed by atoms with van der Waals surface area (Å²) in [5.74, 6) is 0.0459. The molecule has 3 rings (SSSR count). The maximum Gasteiger partial charge on any atom is 0.168 e. The smallest absolute Gasteiger partial charge is 0.168 e. The fourth-order valence-corrected chi connectivity index (χ4v) is 4.33. The van der Waals surface area contributed by atoms with Gasteiger partial charge in [0.2, 0.25) is 0 Å². The van der Waals surface area contributed by atoms with E-state index in [0.29, 0.717) is 0 Å². The van der Waals surface area contributed by atoms with Gasteiger partial charge in [-0.3, -0.25) is 9.00 Å². The van der Waals surface area contributed by atoms with E-state index in [0.717, 1.165) is 29.7 Å². The van der Waals surface area contributed by atoms with Gasteiger partial charge in [-0.05, 0) is 49.4 Å². The summed E-state index contributed by atoms with van der Waals surface area (Å²) in [6.07, 6.45) is 3.29. The first kappa shape index (κ1) is 11.1. The molecule has 1 aliphatic carbocycles. The lowest BCUT2D eigenvalue weighted by Crippen LogP contribution is -2.33. The van der Waals surface area contributed by atoms with Gasteiger partial charge in [-0.2, -0.15) is 0 Å². The molecule has 3 unspecified atom stereocenters. The lowest BCUT2D eigenvalue weighted by atomic mass is 9.93. The summed E-state index contributed by atoms with van der Waals surface area (Å²) < 4.78 is 12.3. The first-order valence-electron chi connectivity index (χ1n) is 6.20. The molecular formula is C14H16O2S. The molecule has 0 saturated heterocycles. The molecule has 0 fully saturated rings. The highest BCUT2D eigenvalue weighted by molar-refractivity contribution is 7.86. The topological polar surface area (TPSA) is 34.1 Å². The molecule has 0 aromatic heterocycles. The number of benzene rings is 1. The SMILES string of the molecule is CC1C(=O)c2cc3c(cc2S(=O)C1C)CCC3. The van der Waals surface area contributed by atoms with E-state index < -0.39 is 10.8 Å². The highest BCUT2D eigenvalue weighted by atomic mass is 32.2. The number of rotatable bonds is 0. The fraction of sp³-hybridized carbons (Fsp3) is 0.500. The molecule has 3 heteroatoms. The second kappa shape index (κ2) is 3.77. The standard InChI is InChI=1S/C14H16O2S/c1-8-9(2)17(16)13-7-11-5-3-4-10(11)6-12(13)14(8)15/h6-9H,3-5H2,1-2H3. The predicted octanol–water partition coefficient (Wildman–Crippen LogP) is 2.50. The van der Waals surface area contributed by atoms with Crippen LogP contribution < -0.4 is 0 Å². The van der Waals surface area contributed by atoms with Crippen LogP contribution in [0.5, 0.6) is 0 Å². The number of hydrogen-bond donors (Lipinski definition) is 0. The first-order valence-corrected chi connectivity index (χ1v) is 7.41. The zero-order valence-corrected chi connectivity index (χ0v) is 11.0. The van der Waals surface area contributed by atoms with Crippen LogP contribution >= 0.6 is 0 Å². The van der Waals surface area contributed by atoms with Crippen molar-refractivity contribution in [3.05, 3.63) is 28.8 Å². The Hall–Kier alpha value is -0.960. The molecule has 0 bridgehead atoms. The van der Waals surface area contributed by atoms with E-state index >= 15 is 0 Å². The Kier molecular flexibility index (Phi) is 2.47. The minimum Gasteiger partial charge on any atom is -0.294 e. The Morgan fingerprint density at radius 1 is 1.18 bits per heavy atom. The Balaban J connectivity index is 2.22. The summed E-state index contributed by atoms with van der Waals surface area (Å²) >= 11 is 0. The molecule has 0 N–H and O–H groups in total.